The molecule has 2 aromatic heterocycles. The van der Waals surface area contributed by atoms with Crippen LogP contribution in [0.2, 0.25) is 0 Å². The SMILES string of the molecule is Cc1cc(C)n(C[C@H]2CCCN2CC(=O)Nc2nncs2)n1. The lowest BCUT2D eigenvalue weighted by atomic mass is 10.2. The minimum atomic E-state index is -0.0305. The van der Waals surface area contributed by atoms with Gasteiger partial charge in [0.1, 0.15) is 5.51 Å². The summed E-state index contributed by atoms with van der Waals surface area (Å²) in [6, 6.07) is 2.44. The first-order chi connectivity index (χ1) is 10.6. The Kier molecular flexibility index (Phi) is 4.49. The molecule has 8 heteroatoms. The maximum Gasteiger partial charge on any atom is 0.240 e. The fourth-order valence-corrected chi connectivity index (χ4v) is 3.40. The highest BCUT2D eigenvalue weighted by atomic mass is 32.1. The minimum Gasteiger partial charge on any atom is -0.299 e. The van der Waals surface area contributed by atoms with Crippen LogP contribution in [0.5, 0.6) is 0 Å². The van der Waals surface area contributed by atoms with Crippen LogP contribution >= 0.6 is 11.3 Å². The van der Waals surface area contributed by atoms with Crippen LogP contribution in [-0.2, 0) is 11.3 Å². The van der Waals surface area contributed by atoms with E-state index in [2.05, 4.69) is 38.5 Å². The molecular weight excluding hydrogens is 300 g/mol. The van der Waals surface area contributed by atoms with Crippen molar-refractivity contribution in [3.63, 3.8) is 0 Å². The highest BCUT2D eigenvalue weighted by molar-refractivity contribution is 7.13. The van der Waals surface area contributed by atoms with Gasteiger partial charge in [-0.3, -0.25) is 19.7 Å². The summed E-state index contributed by atoms with van der Waals surface area (Å²) >= 11 is 1.33. The fraction of sp³-hybridized carbons (Fsp3) is 0.571. The monoisotopic (exact) mass is 320 g/mol. The zero-order valence-electron chi connectivity index (χ0n) is 12.8. The van der Waals surface area contributed by atoms with Crippen molar-refractivity contribution in [3.8, 4) is 0 Å². The number of likely N-dealkylation sites (tertiary alicyclic amines) is 1. The molecule has 1 fully saturated rings. The summed E-state index contributed by atoms with van der Waals surface area (Å²) in [5, 5.41) is 15.4. The van der Waals surface area contributed by atoms with Crippen LogP contribution in [0.3, 0.4) is 0 Å². The quantitative estimate of drug-likeness (QED) is 0.902. The zero-order chi connectivity index (χ0) is 15.5. The fourth-order valence-electron chi connectivity index (χ4n) is 2.94. The third-order valence-electron chi connectivity index (χ3n) is 3.94. The number of hydrogen-bond acceptors (Lipinski definition) is 6. The van der Waals surface area contributed by atoms with Crippen molar-refractivity contribution in [2.24, 2.45) is 0 Å². The third kappa shape index (κ3) is 3.50. The number of carbonyl (C=O) groups is 1. The van der Waals surface area contributed by atoms with E-state index >= 15 is 0 Å². The first kappa shape index (κ1) is 15.1. The average molecular weight is 320 g/mol. The van der Waals surface area contributed by atoms with Crippen LogP contribution in [0, 0.1) is 13.8 Å². The number of anilines is 1. The van der Waals surface area contributed by atoms with Crippen molar-refractivity contribution >= 4 is 22.4 Å². The van der Waals surface area contributed by atoms with Crippen molar-refractivity contribution < 1.29 is 4.79 Å². The third-order valence-corrected chi connectivity index (χ3v) is 4.55. The topological polar surface area (TPSA) is 75.9 Å². The maximum atomic E-state index is 12.1. The van der Waals surface area contributed by atoms with E-state index in [1.54, 1.807) is 5.51 Å². The molecule has 3 heterocycles. The van der Waals surface area contributed by atoms with Gasteiger partial charge in [-0.25, -0.2) is 0 Å². The van der Waals surface area contributed by atoms with Crippen LogP contribution in [-0.4, -0.2) is 49.9 Å². The van der Waals surface area contributed by atoms with Gasteiger partial charge in [0.2, 0.25) is 11.0 Å². The van der Waals surface area contributed by atoms with Gasteiger partial charge in [-0.2, -0.15) is 5.10 Å². The first-order valence-corrected chi connectivity index (χ1v) is 8.31. The van der Waals surface area contributed by atoms with E-state index in [1.807, 2.05) is 11.6 Å². The molecule has 3 rings (SSSR count). The molecule has 22 heavy (non-hydrogen) atoms. The largest absolute Gasteiger partial charge is 0.299 e. The zero-order valence-corrected chi connectivity index (χ0v) is 13.6. The highest BCUT2D eigenvalue weighted by Crippen LogP contribution is 2.19. The molecular formula is C14H20N6OS. The van der Waals surface area contributed by atoms with Crippen molar-refractivity contribution in [3.05, 3.63) is 23.0 Å². The van der Waals surface area contributed by atoms with E-state index in [1.165, 1.54) is 17.0 Å². The van der Waals surface area contributed by atoms with E-state index < -0.39 is 0 Å². The predicted molar refractivity (Wildman–Crippen MR) is 84.8 cm³/mol. The number of hydrogen-bond donors (Lipinski definition) is 1. The molecule has 0 aromatic carbocycles. The van der Waals surface area contributed by atoms with E-state index in [0.29, 0.717) is 17.7 Å². The summed E-state index contributed by atoms with van der Waals surface area (Å²) < 4.78 is 2.04. The lowest BCUT2D eigenvalue weighted by Gasteiger charge is -2.24. The Morgan fingerprint density at radius 2 is 2.36 bits per heavy atom. The molecule has 1 aliphatic heterocycles. The smallest absolute Gasteiger partial charge is 0.240 e. The molecule has 2 aromatic rings. The number of aromatic nitrogens is 4. The summed E-state index contributed by atoms with van der Waals surface area (Å²) in [6.45, 7) is 6.26. The van der Waals surface area contributed by atoms with E-state index in [4.69, 9.17) is 0 Å². The summed E-state index contributed by atoms with van der Waals surface area (Å²) in [6.07, 6.45) is 2.22. The van der Waals surface area contributed by atoms with Crippen LogP contribution in [0.1, 0.15) is 24.2 Å². The molecule has 7 nitrogen and oxygen atoms in total. The Hall–Kier alpha value is -1.80. The molecule has 1 amide bonds. The molecule has 1 atom stereocenters. The van der Waals surface area contributed by atoms with Gasteiger partial charge in [-0.15, -0.1) is 10.2 Å². The number of nitrogens with one attached hydrogen (secondary N) is 1. The van der Waals surface area contributed by atoms with E-state index in [-0.39, 0.29) is 5.91 Å². The second-order valence-corrected chi connectivity index (χ2v) is 6.50. The van der Waals surface area contributed by atoms with Gasteiger partial charge in [0.25, 0.3) is 0 Å². The van der Waals surface area contributed by atoms with Gasteiger partial charge in [-0.1, -0.05) is 11.3 Å². The Balaban J connectivity index is 1.58. The molecule has 1 aliphatic rings. The molecule has 1 N–H and O–H groups in total. The number of carbonyl (C=O) groups excluding carboxylic acids is 1. The van der Waals surface area contributed by atoms with Crippen LogP contribution in [0.15, 0.2) is 11.6 Å². The molecule has 0 bridgehead atoms. The summed E-state index contributed by atoms with van der Waals surface area (Å²) in [4.78, 5) is 14.3. The van der Waals surface area contributed by atoms with Crippen molar-refractivity contribution in [1.29, 1.82) is 0 Å². The van der Waals surface area contributed by atoms with Crippen LogP contribution in [0.25, 0.3) is 0 Å². The standard InChI is InChI=1S/C14H20N6OS/c1-10-6-11(2)20(18-10)7-12-4-3-5-19(12)8-13(21)16-14-17-15-9-22-14/h6,9,12H,3-5,7-8H2,1-2H3,(H,16,17,21)/t12-/m1/s1. The molecule has 0 radical (unpaired) electrons. The van der Waals surface area contributed by atoms with Gasteiger partial charge in [0.15, 0.2) is 0 Å². The first-order valence-electron chi connectivity index (χ1n) is 7.43. The molecule has 0 spiro atoms. The number of rotatable bonds is 5. The van der Waals surface area contributed by atoms with Crippen molar-refractivity contribution in [2.45, 2.75) is 39.3 Å². The molecule has 1 saturated heterocycles. The van der Waals surface area contributed by atoms with Gasteiger partial charge < -0.3 is 0 Å². The average Bonchev–Trinajstić information content (AvgIpc) is 3.16. The van der Waals surface area contributed by atoms with E-state index in [9.17, 15) is 4.79 Å². The van der Waals surface area contributed by atoms with Crippen molar-refractivity contribution in [2.75, 3.05) is 18.4 Å². The van der Waals surface area contributed by atoms with Crippen LogP contribution in [0.4, 0.5) is 5.13 Å². The second kappa shape index (κ2) is 6.53. The Morgan fingerprint density at radius 1 is 1.50 bits per heavy atom. The van der Waals surface area contributed by atoms with Gasteiger partial charge in [-0.05, 0) is 39.3 Å². The molecule has 0 aliphatic carbocycles. The summed E-state index contributed by atoms with van der Waals surface area (Å²) in [5.41, 5.74) is 3.82. The van der Waals surface area contributed by atoms with Gasteiger partial charge in [0, 0.05) is 11.7 Å². The van der Waals surface area contributed by atoms with E-state index in [0.717, 1.165) is 31.6 Å². The highest BCUT2D eigenvalue weighted by Gasteiger charge is 2.27. The maximum absolute atomic E-state index is 12.1. The second-order valence-electron chi connectivity index (χ2n) is 5.67. The van der Waals surface area contributed by atoms with Gasteiger partial charge in [0.05, 0.1) is 18.8 Å². The Bertz CT molecular complexity index is 638. The number of aryl methyl sites for hydroxylation is 2. The Labute approximate surface area is 133 Å². The lowest BCUT2D eigenvalue weighted by Crippen LogP contribution is -2.39. The van der Waals surface area contributed by atoms with Crippen molar-refractivity contribution in [1.82, 2.24) is 24.9 Å². The number of nitrogens with zero attached hydrogens (tertiary/aromatic N) is 5. The van der Waals surface area contributed by atoms with Gasteiger partial charge >= 0.3 is 0 Å². The molecule has 0 unspecified atom stereocenters. The minimum absolute atomic E-state index is 0.0305. The number of amides is 1. The summed E-state index contributed by atoms with van der Waals surface area (Å²) in [5.74, 6) is -0.0305. The summed E-state index contributed by atoms with van der Waals surface area (Å²) in [7, 11) is 0. The lowest BCUT2D eigenvalue weighted by molar-refractivity contribution is -0.117. The predicted octanol–water partition coefficient (Wildman–Crippen LogP) is 1.45. The van der Waals surface area contributed by atoms with Crippen LogP contribution < -0.4 is 5.32 Å². The molecule has 0 saturated carbocycles. The Morgan fingerprint density at radius 3 is 3.05 bits per heavy atom. The molecule has 118 valence electrons. The normalized spacial score (nSPS) is 18.7.